The van der Waals surface area contributed by atoms with Gasteiger partial charge in [0.25, 0.3) is 0 Å². The molecule has 2 aromatic rings. The number of rotatable bonds is 5. The quantitative estimate of drug-likeness (QED) is 0.883. The molecule has 1 unspecified atom stereocenters. The van der Waals surface area contributed by atoms with E-state index < -0.39 is 0 Å². The second kappa shape index (κ2) is 6.58. The molecule has 0 aliphatic rings. The molecule has 0 fully saturated rings. The van der Waals surface area contributed by atoms with Crippen LogP contribution in [-0.4, -0.2) is 6.54 Å². The molecule has 2 nitrogen and oxygen atoms in total. The monoisotopic (exact) mass is 269 g/mol. The summed E-state index contributed by atoms with van der Waals surface area (Å²) in [5.74, 6) is 1.38. The zero-order chi connectivity index (χ0) is 14.5. The third-order valence-corrected chi connectivity index (χ3v) is 3.43. The number of nitrogens with two attached hydrogens (primary N) is 1. The molecule has 0 heterocycles. The second-order valence-corrected chi connectivity index (χ2v) is 5.48. The van der Waals surface area contributed by atoms with Gasteiger partial charge in [-0.05, 0) is 36.1 Å². The molecule has 0 spiro atoms. The van der Waals surface area contributed by atoms with Crippen molar-refractivity contribution >= 4 is 0 Å². The van der Waals surface area contributed by atoms with Crippen molar-refractivity contribution in [3.8, 4) is 5.75 Å². The number of ether oxygens (including phenoxy) is 1. The van der Waals surface area contributed by atoms with Crippen LogP contribution in [0.5, 0.6) is 5.75 Å². The molecule has 106 valence electrons. The highest BCUT2D eigenvalue weighted by Gasteiger charge is 2.12. The first-order valence-electron chi connectivity index (χ1n) is 7.13. The first kappa shape index (κ1) is 14.6. The summed E-state index contributed by atoms with van der Waals surface area (Å²) < 4.78 is 6.07. The van der Waals surface area contributed by atoms with Gasteiger partial charge in [0.1, 0.15) is 11.9 Å². The maximum Gasteiger partial charge on any atom is 0.136 e. The molecular weight excluding hydrogens is 246 g/mol. The van der Waals surface area contributed by atoms with E-state index in [1.807, 2.05) is 18.2 Å². The van der Waals surface area contributed by atoms with Crippen LogP contribution in [0, 0.1) is 6.92 Å². The largest absolute Gasteiger partial charge is 0.484 e. The summed E-state index contributed by atoms with van der Waals surface area (Å²) >= 11 is 0. The van der Waals surface area contributed by atoms with Crippen LogP contribution in [0.15, 0.2) is 48.5 Å². The van der Waals surface area contributed by atoms with Crippen LogP contribution in [0.3, 0.4) is 0 Å². The molecule has 2 N–H and O–H groups in total. The fourth-order valence-corrected chi connectivity index (χ4v) is 2.23. The second-order valence-electron chi connectivity index (χ2n) is 5.48. The van der Waals surface area contributed by atoms with Crippen LogP contribution in [0.1, 0.15) is 42.6 Å². The van der Waals surface area contributed by atoms with Gasteiger partial charge in [0.2, 0.25) is 0 Å². The lowest BCUT2D eigenvalue weighted by atomic mass is 10.0. The van der Waals surface area contributed by atoms with E-state index in [0.717, 1.165) is 11.3 Å². The van der Waals surface area contributed by atoms with Crippen LogP contribution in [0.2, 0.25) is 0 Å². The maximum atomic E-state index is 6.07. The highest BCUT2D eigenvalue weighted by Crippen LogP contribution is 2.25. The standard InChI is InChI=1S/C18H23NO/c1-13(2)15-7-5-9-17(11-15)20-18(12-19)16-8-4-6-14(3)10-16/h4-11,13,18H,12,19H2,1-3H3. The molecule has 1 atom stereocenters. The molecular formula is C18H23NO. The minimum Gasteiger partial charge on any atom is -0.484 e. The Hall–Kier alpha value is -1.80. The lowest BCUT2D eigenvalue weighted by Crippen LogP contribution is -2.18. The molecule has 0 bridgehead atoms. The number of hydrogen-bond donors (Lipinski definition) is 1. The van der Waals surface area contributed by atoms with Gasteiger partial charge < -0.3 is 10.5 Å². The fraction of sp³-hybridized carbons (Fsp3) is 0.333. The van der Waals surface area contributed by atoms with Crippen molar-refractivity contribution in [2.24, 2.45) is 5.73 Å². The molecule has 0 saturated heterocycles. The normalized spacial score (nSPS) is 12.4. The summed E-state index contributed by atoms with van der Waals surface area (Å²) in [4.78, 5) is 0. The van der Waals surface area contributed by atoms with Crippen molar-refractivity contribution in [3.63, 3.8) is 0 Å². The molecule has 0 aromatic heterocycles. The molecule has 0 radical (unpaired) electrons. The van der Waals surface area contributed by atoms with Gasteiger partial charge in [-0.15, -0.1) is 0 Å². The van der Waals surface area contributed by atoms with Crippen LogP contribution < -0.4 is 10.5 Å². The minimum atomic E-state index is -0.0997. The highest BCUT2D eigenvalue weighted by atomic mass is 16.5. The van der Waals surface area contributed by atoms with E-state index in [4.69, 9.17) is 10.5 Å². The third-order valence-electron chi connectivity index (χ3n) is 3.43. The van der Waals surface area contributed by atoms with Crippen molar-refractivity contribution in [1.82, 2.24) is 0 Å². The van der Waals surface area contributed by atoms with Gasteiger partial charge >= 0.3 is 0 Å². The van der Waals surface area contributed by atoms with Gasteiger partial charge in [-0.2, -0.15) is 0 Å². The molecule has 20 heavy (non-hydrogen) atoms. The van der Waals surface area contributed by atoms with E-state index in [1.165, 1.54) is 11.1 Å². The van der Waals surface area contributed by atoms with E-state index in [0.29, 0.717) is 12.5 Å². The lowest BCUT2D eigenvalue weighted by Gasteiger charge is -2.19. The summed E-state index contributed by atoms with van der Waals surface area (Å²) in [6.07, 6.45) is -0.0997. The average Bonchev–Trinajstić information content (AvgIpc) is 2.45. The van der Waals surface area contributed by atoms with Crippen molar-refractivity contribution in [2.75, 3.05) is 6.54 Å². The molecule has 0 aliphatic heterocycles. The van der Waals surface area contributed by atoms with Gasteiger partial charge in [0.05, 0.1) is 0 Å². The van der Waals surface area contributed by atoms with E-state index in [9.17, 15) is 0 Å². The molecule has 0 amide bonds. The molecule has 2 rings (SSSR count). The Bertz CT molecular complexity index is 563. The van der Waals surface area contributed by atoms with Crippen LogP contribution in [0.4, 0.5) is 0 Å². The Morgan fingerprint density at radius 3 is 2.35 bits per heavy atom. The van der Waals surface area contributed by atoms with Gasteiger partial charge in [-0.3, -0.25) is 0 Å². The predicted octanol–water partition coefficient (Wildman–Crippen LogP) is 4.20. The molecule has 2 aromatic carbocycles. The van der Waals surface area contributed by atoms with Crippen molar-refractivity contribution in [1.29, 1.82) is 0 Å². The van der Waals surface area contributed by atoms with E-state index in [-0.39, 0.29) is 6.10 Å². The zero-order valence-corrected chi connectivity index (χ0v) is 12.5. The average molecular weight is 269 g/mol. The summed E-state index contributed by atoms with van der Waals surface area (Å²) in [5.41, 5.74) is 9.51. The van der Waals surface area contributed by atoms with Crippen molar-refractivity contribution in [3.05, 3.63) is 65.2 Å². The highest BCUT2D eigenvalue weighted by molar-refractivity contribution is 5.32. The Kier molecular flexibility index (Phi) is 4.80. The van der Waals surface area contributed by atoms with Crippen molar-refractivity contribution < 1.29 is 4.74 Å². The van der Waals surface area contributed by atoms with Crippen LogP contribution >= 0.6 is 0 Å². The summed E-state index contributed by atoms with van der Waals surface area (Å²) in [6.45, 7) is 6.91. The SMILES string of the molecule is Cc1cccc(C(CN)Oc2cccc(C(C)C)c2)c1. The summed E-state index contributed by atoms with van der Waals surface area (Å²) in [5, 5.41) is 0. The van der Waals surface area contributed by atoms with E-state index in [1.54, 1.807) is 0 Å². The topological polar surface area (TPSA) is 35.2 Å². The lowest BCUT2D eigenvalue weighted by molar-refractivity contribution is 0.214. The Morgan fingerprint density at radius 2 is 1.70 bits per heavy atom. The Balaban J connectivity index is 2.20. The third kappa shape index (κ3) is 3.61. The Labute approximate surface area is 121 Å². The summed E-state index contributed by atoms with van der Waals surface area (Å²) in [7, 11) is 0. The van der Waals surface area contributed by atoms with Crippen molar-refractivity contribution in [2.45, 2.75) is 32.8 Å². The zero-order valence-electron chi connectivity index (χ0n) is 12.5. The van der Waals surface area contributed by atoms with Gasteiger partial charge in [-0.25, -0.2) is 0 Å². The van der Waals surface area contributed by atoms with Gasteiger partial charge in [0, 0.05) is 6.54 Å². The number of benzene rings is 2. The number of aryl methyl sites for hydroxylation is 1. The first-order valence-corrected chi connectivity index (χ1v) is 7.13. The van der Waals surface area contributed by atoms with Crippen LogP contribution in [-0.2, 0) is 0 Å². The Morgan fingerprint density at radius 1 is 1.00 bits per heavy atom. The summed E-state index contributed by atoms with van der Waals surface area (Å²) in [6, 6.07) is 16.6. The van der Waals surface area contributed by atoms with Gasteiger partial charge in [0.15, 0.2) is 0 Å². The van der Waals surface area contributed by atoms with E-state index in [2.05, 4.69) is 51.1 Å². The maximum absolute atomic E-state index is 6.07. The van der Waals surface area contributed by atoms with E-state index >= 15 is 0 Å². The molecule has 2 heteroatoms. The number of hydrogen-bond acceptors (Lipinski definition) is 2. The fourth-order valence-electron chi connectivity index (χ4n) is 2.23. The van der Waals surface area contributed by atoms with Gasteiger partial charge in [-0.1, -0.05) is 55.8 Å². The molecule has 0 aliphatic carbocycles. The first-order chi connectivity index (χ1) is 9.60. The predicted molar refractivity (Wildman–Crippen MR) is 84.1 cm³/mol. The smallest absolute Gasteiger partial charge is 0.136 e. The molecule has 0 saturated carbocycles. The van der Waals surface area contributed by atoms with Crippen LogP contribution in [0.25, 0.3) is 0 Å². The minimum absolute atomic E-state index is 0.0997.